The van der Waals surface area contributed by atoms with Gasteiger partial charge in [0.1, 0.15) is 5.75 Å². The summed E-state index contributed by atoms with van der Waals surface area (Å²) in [6, 6.07) is 18.3. The average molecular weight is 439 g/mol. The van der Waals surface area contributed by atoms with Crippen LogP contribution in [0, 0.1) is 0 Å². The van der Waals surface area contributed by atoms with Crippen molar-refractivity contribution >= 4 is 39.7 Å². The van der Waals surface area contributed by atoms with Crippen LogP contribution in [-0.2, 0) is 13.1 Å². The molecular formula is C23H19ClN2O3S. The van der Waals surface area contributed by atoms with Crippen molar-refractivity contribution in [2.75, 3.05) is 7.11 Å². The molecule has 2 heterocycles. The van der Waals surface area contributed by atoms with E-state index in [0.717, 1.165) is 16.5 Å². The Balaban J connectivity index is 1.70. The Labute approximate surface area is 182 Å². The number of thiophene rings is 1. The molecule has 7 heteroatoms. The Morgan fingerprint density at radius 2 is 1.90 bits per heavy atom. The lowest BCUT2D eigenvalue weighted by Gasteiger charge is -2.22. The normalized spacial score (nSPS) is 10.9. The zero-order valence-electron chi connectivity index (χ0n) is 16.2. The predicted molar refractivity (Wildman–Crippen MR) is 120 cm³/mol. The minimum Gasteiger partial charge on any atom is -0.497 e. The third-order valence-electron chi connectivity index (χ3n) is 4.80. The summed E-state index contributed by atoms with van der Waals surface area (Å²) >= 11 is 7.37. The smallest absolute Gasteiger partial charge is 0.264 e. The second-order valence-corrected chi connectivity index (χ2v) is 8.23. The number of nitrogens with zero attached hydrogens (tertiary/aromatic N) is 1. The summed E-state index contributed by atoms with van der Waals surface area (Å²) < 4.78 is 5.28. The molecule has 0 unspecified atom stereocenters. The predicted octanol–water partition coefficient (Wildman–Crippen LogP) is 5.09. The highest BCUT2D eigenvalue weighted by Crippen LogP contribution is 2.21. The monoisotopic (exact) mass is 438 g/mol. The fourth-order valence-corrected chi connectivity index (χ4v) is 4.06. The van der Waals surface area contributed by atoms with Crippen LogP contribution in [0.4, 0.5) is 0 Å². The molecule has 0 aliphatic rings. The minimum absolute atomic E-state index is 0.120. The molecule has 0 spiro atoms. The molecule has 30 heavy (non-hydrogen) atoms. The number of carbonyl (C=O) groups is 1. The van der Waals surface area contributed by atoms with Crippen molar-refractivity contribution < 1.29 is 9.53 Å². The van der Waals surface area contributed by atoms with Gasteiger partial charge in [0.05, 0.1) is 18.5 Å². The fourth-order valence-electron chi connectivity index (χ4n) is 3.25. The number of hydrogen-bond acceptors (Lipinski definition) is 4. The van der Waals surface area contributed by atoms with E-state index in [2.05, 4.69) is 4.98 Å². The third-order valence-corrected chi connectivity index (χ3v) is 5.91. The van der Waals surface area contributed by atoms with Gasteiger partial charge in [0.2, 0.25) is 0 Å². The van der Waals surface area contributed by atoms with Crippen LogP contribution < -0.4 is 10.3 Å². The van der Waals surface area contributed by atoms with Gasteiger partial charge in [-0.2, -0.15) is 0 Å². The van der Waals surface area contributed by atoms with Crippen LogP contribution in [0.5, 0.6) is 5.75 Å². The number of benzene rings is 2. The van der Waals surface area contributed by atoms with E-state index in [0.29, 0.717) is 27.8 Å². The summed E-state index contributed by atoms with van der Waals surface area (Å²) in [6.45, 7) is 0.547. The number of rotatable bonds is 6. The van der Waals surface area contributed by atoms with E-state index in [1.54, 1.807) is 36.3 Å². The number of methoxy groups -OCH3 is 1. The van der Waals surface area contributed by atoms with E-state index in [1.165, 1.54) is 11.3 Å². The van der Waals surface area contributed by atoms with Crippen molar-refractivity contribution in [3.63, 3.8) is 0 Å². The highest BCUT2D eigenvalue weighted by Gasteiger charge is 2.19. The number of hydrogen-bond donors (Lipinski definition) is 1. The van der Waals surface area contributed by atoms with Crippen molar-refractivity contribution in [1.29, 1.82) is 0 Å². The van der Waals surface area contributed by atoms with Crippen molar-refractivity contribution in [1.82, 2.24) is 9.88 Å². The summed E-state index contributed by atoms with van der Waals surface area (Å²) in [5.74, 6) is 0.582. The number of pyridine rings is 1. The summed E-state index contributed by atoms with van der Waals surface area (Å²) in [5.41, 5.74) is 1.95. The Hall–Kier alpha value is -3.09. The quantitative estimate of drug-likeness (QED) is 0.456. The first-order chi connectivity index (χ1) is 14.5. The molecule has 152 valence electrons. The summed E-state index contributed by atoms with van der Waals surface area (Å²) in [4.78, 5) is 31.0. The lowest BCUT2D eigenvalue weighted by Crippen LogP contribution is -2.32. The molecule has 5 nitrogen and oxygen atoms in total. The topological polar surface area (TPSA) is 62.4 Å². The number of carbonyl (C=O) groups excluding carboxylic acids is 1. The van der Waals surface area contributed by atoms with Crippen LogP contribution in [0.25, 0.3) is 10.9 Å². The first-order valence-electron chi connectivity index (χ1n) is 9.30. The van der Waals surface area contributed by atoms with Gasteiger partial charge < -0.3 is 14.6 Å². The van der Waals surface area contributed by atoms with Gasteiger partial charge in [-0.25, -0.2) is 0 Å². The molecule has 1 N–H and O–H groups in total. The highest BCUT2D eigenvalue weighted by molar-refractivity contribution is 7.12. The van der Waals surface area contributed by atoms with E-state index < -0.39 is 0 Å². The van der Waals surface area contributed by atoms with Crippen LogP contribution in [0.3, 0.4) is 0 Å². The Morgan fingerprint density at radius 3 is 2.60 bits per heavy atom. The Morgan fingerprint density at radius 1 is 1.10 bits per heavy atom. The molecule has 0 saturated carbocycles. The van der Waals surface area contributed by atoms with Crippen molar-refractivity contribution in [2.45, 2.75) is 13.1 Å². The molecule has 2 aromatic heterocycles. The van der Waals surface area contributed by atoms with Gasteiger partial charge in [0, 0.05) is 28.0 Å². The highest BCUT2D eigenvalue weighted by atomic mass is 35.5. The van der Waals surface area contributed by atoms with E-state index in [1.807, 2.05) is 41.8 Å². The maximum absolute atomic E-state index is 13.1. The summed E-state index contributed by atoms with van der Waals surface area (Å²) in [5, 5.41) is 3.34. The molecule has 4 rings (SSSR count). The van der Waals surface area contributed by atoms with Crippen molar-refractivity contribution in [2.24, 2.45) is 0 Å². The molecule has 0 radical (unpaired) electrons. The lowest BCUT2D eigenvalue weighted by atomic mass is 10.1. The fraction of sp³-hybridized carbons (Fsp3) is 0.130. The van der Waals surface area contributed by atoms with Crippen molar-refractivity contribution in [3.05, 3.63) is 97.4 Å². The molecule has 0 aliphatic carbocycles. The zero-order chi connectivity index (χ0) is 21.1. The van der Waals surface area contributed by atoms with Gasteiger partial charge in [-0.1, -0.05) is 29.8 Å². The van der Waals surface area contributed by atoms with Gasteiger partial charge >= 0.3 is 0 Å². The molecule has 0 atom stereocenters. The average Bonchev–Trinajstić information content (AvgIpc) is 3.29. The molecule has 0 bridgehead atoms. The van der Waals surface area contributed by atoms with E-state index in [9.17, 15) is 9.59 Å². The minimum atomic E-state index is -0.215. The number of ether oxygens (including phenoxy) is 1. The number of aromatic amines is 1. The first-order valence-corrected chi connectivity index (χ1v) is 10.6. The number of amides is 1. The van der Waals surface area contributed by atoms with Gasteiger partial charge in [0.15, 0.2) is 0 Å². The number of fused-ring (bicyclic) bond motifs is 1. The molecule has 0 saturated heterocycles. The van der Waals surface area contributed by atoms with Gasteiger partial charge in [0.25, 0.3) is 11.5 Å². The van der Waals surface area contributed by atoms with Crippen molar-refractivity contribution in [3.8, 4) is 5.75 Å². The molecule has 2 aromatic carbocycles. The standard InChI is InChI=1S/C23H19ClN2O3S/c1-29-19-8-9-20-16(12-19)11-17(22(27)25-20)14-26(23(28)21-3-2-10-30-21)13-15-4-6-18(24)7-5-15/h2-12H,13-14H2,1H3,(H,25,27). The van der Waals surface area contributed by atoms with E-state index in [4.69, 9.17) is 16.3 Å². The van der Waals surface area contributed by atoms with Gasteiger partial charge in [-0.05, 0) is 53.4 Å². The zero-order valence-corrected chi connectivity index (χ0v) is 17.8. The maximum atomic E-state index is 13.1. The summed E-state index contributed by atoms with van der Waals surface area (Å²) in [7, 11) is 1.60. The lowest BCUT2D eigenvalue weighted by molar-refractivity contribution is 0.0734. The van der Waals surface area contributed by atoms with Crippen LogP contribution in [0.1, 0.15) is 20.8 Å². The number of H-pyrrole nitrogens is 1. The number of nitrogens with one attached hydrogen (secondary N) is 1. The second-order valence-electron chi connectivity index (χ2n) is 6.84. The van der Waals surface area contributed by atoms with Crippen LogP contribution in [0.15, 0.2) is 70.8 Å². The Bertz CT molecular complexity index is 1230. The molecule has 1 amide bonds. The molecule has 4 aromatic rings. The third kappa shape index (κ3) is 4.40. The molecule has 0 aliphatic heterocycles. The largest absolute Gasteiger partial charge is 0.497 e. The molecule has 0 fully saturated rings. The first kappa shape index (κ1) is 20.2. The van der Waals surface area contributed by atoms with Crippen LogP contribution >= 0.6 is 22.9 Å². The molecular weight excluding hydrogens is 420 g/mol. The SMILES string of the molecule is COc1ccc2[nH]c(=O)c(CN(Cc3ccc(Cl)cc3)C(=O)c3cccs3)cc2c1. The Kier molecular flexibility index (Phi) is 5.88. The van der Waals surface area contributed by atoms with E-state index >= 15 is 0 Å². The van der Waals surface area contributed by atoms with Gasteiger partial charge in [-0.15, -0.1) is 11.3 Å². The maximum Gasteiger partial charge on any atom is 0.264 e. The number of halogens is 1. The number of aromatic nitrogens is 1. The summed E-state index contributed by atoms with van der Waals surface area (Å²) in [6.07, 6.45) is 0. The van der Waals surface area contributed by atoms with Gasteiger partial charge in [-0.3, -0.25) is 9.59 Å². The van der Waals surface area contributed by atoms with Crippen LogP contribution in [0.2, 0.25) is 5.02 Å². The second kappa shape index (κ2) is 8.73. The van der Waals surface area contributed by atoms with E-state index in [-0.39, 0.29) is 18.0 Å². The van der Waals surface area contributed by atoms with Crippen LogP contribution in [-0.4, -0.2) is 22.9 Å².